The molecule has 0 atom stereocenters. The molecule has 3 aromatic carbocycles. The molecule has 0 aliphatic heterocycles. The molecule has 162 valence electrons. The van der Waals surface area contributed by atoms with E-state index in [4.69, 9.17) is 0 Å². The molecular formula is C23H23FN2O3S2. The van der Waals surface area contributed by atoms with E-state index in [9.17, 15) is 17.6 Å². The minimum Gasteiger partial charge on any atom is -0.324 e. The van der Waals surface area contributed by atoms with Crippen LogP contribution in [0.2, 0.25) is 0 Å². The number of halogens is 1. The maximum absolute atomic E-state index is 13.5. The second-order valence-electron chi connectivity index (χ2n) is 7.05. The predicted molar refractivity (Wildman–Crippen MR) is 124 cm³/mol. The van der Waals surface area contributed by atoms with Gasteiger partial charge in [-0.3, -0.25) is 9.10 Å². The smallest absolute Gasteiger partial charge is 0.245 e. The largest absolute Gasteiger partial charge is 0.324 e. The van der Waals surface area contributed by atoms with Crippen LogP contribution in [0.3, 0.4) is 0 Å². The van der Waals surface area contributed by atoms with Gasteiger partial charge in [0.15, 0.2) is 0 Å². The average Bonchev–Trinajstić information content (AvgIpc) is 2.72. The standard InChI is InChI=1S/C23H23FN2O3S2/c1-17-13-18(16-30-21-9-4-3-5-10-21)11-12-22(17)25-23(27)15-26(31(2,28)29)20-8-6-7-19(24)14-20/h3-14H,15-16H2,1-2H3,(H,25,27). The number of nitrogens with zero attached hydrogens (tertiary/aromatic N) is 1. The summed E-state index contributed by atoms with van der Waals surface area (Å²) in [6.07, 6.45) is 0.982. The van der Waals surface area contributed by atoms with Gasteiger partial charge in [0.2, 0.25) is 15.9 Å². The Morgan fingerprint density at radius 2 is 1.77 bits per heavy atom. The van der Waals surface area contributed by atoms with Crippen molar-refractivity contribution in [2.24, 2.45) is 0 Å². The molecule has 0 saturated heterocycles. The van der Waals surface area contributed by atoms with Gasteiger partial charge in [-0.05, 0) is 54.4 Å². The molecule has 0 aliphatic carbocycles. The van der Waals surface area contributed by atoms with E-state index < -0.39 is 28.3 Å². The minimum absolute atomic E-state index is 0.0997. The first-order valence-corrected chi connectivity index (χ1v) is 12.4. The summed E-state index contributed by atoms with van der Waals surface area (Å²) in [6, 6.07) is 20.9. The van der Waals surface area contributed by atoms with E-state index in [-0.39, 0.29) is 5.69 Å². The van der Waals surface area contributed by atoms with Gasteiger partial charge in [-0.25, -0.2) is 12.8 Å². The van der Waals surface area contributed by atoms with Crippen LogP contribution in [0.15, 0.2) is 77.7 Å². The summed E-state index contributed by atoms with van der Waals surface area (Å²) in [5.41, 5.74) is 2.69. The first-order valence-electron chi connectivity index (χ1n) is 9.53. The van der Waals surface area contributed by atoms with Crippen LogP contribution in [-0.4, -0.2) is 27.1 Å². The summed E-state index contributed by atoms with van der Waals surface area (Å²) in [7, 11) is -3.77. The van der Waals surface area contributed by atoms with Crippen molar-refractivity contribution in [3.05, 3.63) is 89.7 Å². The number of thioether (sulfide) groups is 1. The maximum atomic E-state index is 13.5. The van der Waals surface area contributed by atoms with Gasteiger partial charge in [0.05, 0.1) is 11.9 Å². The lowest BCUT2D eigenvalue weighted by Crippen LogP contribution is -2.37. The molecule has 31 heavy (non-hydrogen) atoms. The van der Waals surface area contributed by atoms with E-state index in [1.807, 2.05) is 37.3 Å². The molecular weight excluding hydrogens is 435 g/mol. The van der Waals surface area contributed by atoms with Crippen molar-refractivity contribution in [2.75, 3.05) is 22.4 Å². The normalized spacial score (nSPS) is 11.2. The van der Waals surface area contributed by atoms with Crippen LogP contribution in [0.1, 0.15) is 11.1 Å². The molecule has 0 radical (unpaired) electrons. The molecule has 0 aromatic heterocycles. The second-order valence-corrected chi connectivity index (χ2v) is 10.0. The van der Waals surface area contributed by atoms with Crippen molar-refractivity contribution in [1.29, 1.82) is 0 Å². The van der Waals surface area contributed by atoms with Gasteiger partial charge in [-0.2, -0.15) is 0 Å². The van der Waals surface area contributed by atoms with E-state index in [1.165, 1.54) is 23.1 Å². The fraction of sp³-hybridized carbons (Fsp3) is 0.174. The number of aryl methyl sites for hydroxylation is 1. The summed E-state index contributed by atoms with van der Waals surface area (Å²) >= 11 is 1.72. The molecule has 8 heteroatoms. The Bertz CT molecular complexity index is 1170. The third kappa shape index (κ3) is 6.57. The van der Waals surface area contributed by atoms with Crippen LogP contribution < -0.4 is 9.62 Å². The SMILES string of the molecule is Cc1cc(CSc2ccccc2)ccc1NC(=O)CN(c1cccc(F)c1)S(C)(=O)=O. The van der Waals surface area contributed by atoms with Crippen LogP contribution in [0.4, 0.5) is 15.8 Å². The first kappa shape index (κ1) is 22.8. The van der Waals surface area contributed by atoms with E-state index in [0.29, 0.717) is 5.69 Å². The molecule has 3 rings (SSSR count). The lowest BCUT2D eigenvalue weighted by Gasteiger charge is -2.22. The van der Waals surface area contributed by atoms with Crippen LogP contribution in [-0.2, 0) is 20.6 Å². The Hall–Kier alpha value is -2.84. The molecule has 3 aromatic rings. The summed E-state index contributed by atoms with van der Waals surface area (Å²) in [6.45, 7) is 1.43. The van der Waals surface area contributed by atoms with Crippen molar-refractivity contribution >= 4 is 39.1 Å². The van der Waals surface area contributed by atoms with E-state index in [0.717, 1.165) is 33.5 Å². The van der Waals surface area contributed by atoms with Crippen molar-refractivity contribution < 1.29 is 17.6 Å². The monoisotopic (exact) mass is 458 g/mol. The zero-order valence-electron chi connectivity index (χ0n) is 17.2. The highest BCUT2D eigenvalue weighted by Crippen LogP contribution is 2.25. The Morgan fingerprint density at radius 1 is 1.03 bits per heavy atom. The zero-order chi connectivity index (χ0) is 22.4. The molecule has 0 bridgehead atoms. The van der Waals surface area contributed by atoms with E-state index in [1.54, 1.807) is 17.8 Å². The quantitative estimate of drug-likeness (QED) is 0.491. The molecule has 1 N–H and O–H groups in total. The molecule has 0 heterocycles. The van der Waals surface area contributed by atoms with Gasteiger partial charge >= 0.3 is 0 Å². The van der Waals surface area contributed by atoms with Crippen LogP contribution in [0.25, 0.3) is 0 Å². The lowest BCUT2D eigenvalue weighted by molar-refractivity contribution is -0.114. The van der Waals surface area contributed by atoms with E-state index in [2.05, 4.69) is 17.4 Å². The topological polar surface area (TPSA) is 66.5 Å². The van der Waals surface area contributed by atoms with Gasteiger partial charge in [-0.15, -0.1) is 11.8 Å². The van der Waals surface area contributed by atoms with Gasteiger partial charge < -0.3 is 5.32 Å². The highest BCUT2D eigenvalue weighted by atomic mass is 32.2. The molecule has 0 spiro atoms. The number of anilines is 2. The van der Waals surface area contributed by atoms with Gasteiger partial charge in [-0.1, -0.05) is 36.4 Å². The lowest BCUT2D eigenvalue weighted by atomic mass is 10.1. The Labute approximate surface area is 186 Å². The van der Waals surface area contributed by atoms with E-state index >= 15 is 0 Å². The molecule has 1 amide bonds. The highest BCUT2D eigenvalue weighted by Gasteiger charge is 2.21. The Morgan fingerprint density at radius 3 is 2.42 bits per heavy atom. The summed E-state index contributed by atoms with van der Waals surface area (Å²) in [5.74, 6) is -0.295. The number of rotatable bonds is 8. The van der Waals surface area contributed by atoms with Gasteiger partial charge in [0.25, 0.3) is 0 Å². The first-order chi connectivity index (χ1) is 14.7. The van der Waals surface area contributed by atoms with Gasteiger partial charge in [0, 0.05) is 16.3 Å². The van der Waals surface area contributed by atoms with Crippen LogP contribution in [0.5, 0.6) is 0 Å². The summed E-state index contributed by atoms with van der Waals surface area (Å²) < 4.78 is 38.7. The third-order valence-corrected chi connectivity index (χ3v) is 6.72. The fourth-order valence-corrected chi connectivity index (χ4v) is 4.70. The van der Waals surface area contributed by atoms with Crippen molar-refractivity contribution in [1.82, 2.24) is 0 Å². The van der Waals surface area contributed by atoms with Crippen molar-refractivity contribution in [2.45, 2.75) is 17.6 Å². The number of hydrogen-bond acceptors (Lipinski definition) is 4. The number of benzene rings is 3. The number of hydrogen-bond donors (Lipinski definition) is 1. The maximum Gasteiger partial charge on any atom is 0.245 e. The molecule has 0 unspecified atom stereocenters. The predicted octanol–water partition coefficient (Wildman–Crippen LogP) is 4.83. The minimum atomic E-state index is -3.77. The van der Waals surface area contributed by atoms with Crippen LogP contribution in [0, 0.1) is 12.7 Å². The summed E-state index contributed by atoms with van der Waals surface area (Å²) in [5, 5.41) is 2.75. The Kier molecular flexibility index (Phi) is 7.35. The van der Waals surface area contributed by atoms with Crippen LogP contribution >= 0.6 is 11.8 Å². The molecule has 5 nitrogen and oxygen atoms in total. The van der Waals surface area contributed by atoms with Gasteiger partial charge in [0.1, 0.15) is 12.4 Å². The second kappa shape index (κ2) is 9.98. The fourth-order valence-electron chi connectivity index (χ4n) is 2.99. The molecule has 0 aliphatic rings. The number of nitrogens with one attached hydrogen (secondary N) is 1. The van der Waals surface area contributed by atoms with Crippen molar-refractivity contribution in [3.8, 4) is 0 Å². The summed E-state index contributed by atoms with van der Waals surface area (Å²) in [4.78, 5) is 13.7. The van der Waals surface area contributed by atoms with Crippen molar-refractivity contribution in [3.63, 3.8) is 0 Å². The highest BCUT2D eigenvalue weighted by molar-refractivity contribution is 7.98. The molecule has 0 saturated carbocycles. The zero-order valence-corrected chi connectivity index (χ0v) is 18.8. The average molecular weight is 459 g/mol. The number of carbonyl (C=O) groups is 1. The molecule has 0 fully saturated rings. The Balaban J connectivity index is 1.67. The number of sulfonamides is 1. The third-order valence-electron chi connectivity index (χ3n) is 4.50. The number of carbonyl (C=O) groups excluding carboxylic acids is 1. The number of amides is 1.